The molecule has 0 aromatic heterocycles. The van der Waals surface area contributed by atoms with Crippen LogP contribution in [0.4, 0.5) is 5.69 Å². The number of nitrogens with zero attached hydrogens (tertiary/aromatic N) is 3. The zero-order chi connectivity index (χ0) is 19.0. The highest BCUT2D eigenvalue weighted by Crippen LogP contribution is 2.49. The number of rotatable bonds is 5. The SMILES string of the molecule is CN1CCC(N(C)c2ccccc2CN2C[C@@H]3CCC[C@@]3(C(=O)O)C2)CC1. The van der Waals surface area contributed by atoms with E-state index in [2.05, 4.69) is 53.1 Å². The van der Waals surface area contributed by atoms with Crippen LogP contribution in [-0.4, -0.2) is 67.2 Å². The van der Waals surface area contributed by atoms with Gasteiger partial charge in [0.25, 0.3) is 0 Å². The van der Waals surface area contributed by atoms with Crippen LogP contribution in [0.2, 0.25) is 0 Å². The molecule has 148 valence electrons. The van der Waals surface area contributed by atoms with Gasteiger partial charge in [-0.1, -0.05) is 24.6 Å². The smallest absolute Gasteiger partial charge is 0.311 e. The highest BCUT2D eigenvalue weighted by Gasteiger charge is 2.54. The maximum atomic E-state index is 12.0. The number of aliphatic carboxylic acids is 1. The molecule has 2 atom stereocenters. The third-order valence-corrected chi connectivity index (χ3v) is 7.37. The molecule has 1 aromatic rings. The molecule has 27 heavy (non-hydrogen) atoms. The van der Waals surface area contributed by atoms with Gasteiger partial charge in [-0.25, -0.2) is 0 Å². The number of anilines is 1. The minimum atomic E-state index is -0.579. The first-order valence-electron chi connectivity index (χ1n) is 10.4. The molecule has 2 aliphatic heterocycles. The van der Waals surface area contributed by atoms with Gasteiger partial charge in [0.1, 0.15) is 0 Å². The maximum absolute atomic E-state index is 12.0. The van der Waals surface area contributed by atoms with E-state index in [4.69, 9.17) is 0 Å². The average molecular weight is 372 g/mol. The molecule has 3 aliphatic rings. The standard InChI is InChI=1S/C22H33N3O2/c1-23-12-9-19(10-13-23)24(2)20-8-4-3-6-17(20)14-25-15-18-7-5-11-22(18,16-25)21(26)27/h3-4,6,8,18-19H,5,7,9-16H2,1-2H3,(H,26,27)/t18-,22+/m0/s1. The molecule has 1 N–H and O–H groups in total. The summed E-state index contributed by atoms with van der Waals surface area (Å²) in [5.74, 6) is -0.252. The van der Waals surface area contributed by atoms with Crippen LogP contribution in [0.25, 0.3) is 0 Å². The molecule has 0 unspecified atom stereocenters. The first kappa shape index (κ1) is 18.8. The largest absolute Gasteiger partial charge is 0.481 e. The zero-order valence-electron chi connectivity index (χ0n) is 16.7. The van der Waals surface area contributed by atoms with Gasteiger partial charge in [-0.3, -0.25) is 9.69 Å². The number of carboxylic acids is 1. The summed E-state index contributed by atoms with van der Waals surface area (Å²) in [5.41, 5.74) is 2.15. The van der Waals surface area contributed by atoms with Gasteiger partial charge in [0, 0.05) is 38.4 Å². The Kier molecular flexibility index (Phi) is 5.17. The molecule has 1 aromatic carbocycles. The quantitative estimate of drug-likeness (QED) is 0.862. The Balaban J connectivity index is 1.48. The van der Waals surface area contributed by atoms with Gasteiger partial charge in [-0.15, -0.1) is 0 Å². The minimum Gasteiger partial charge on any atom is -0.481 e. The molecule has 2 saturated heterocycles. The number of piperidine rings is 1. The summed E-state index contributed by atoms with van der Waals surface area (Å²) >= 11 is 0. The van der Waals surface area contributed by atoms with E-state index in [1.807, 2.05) is 0 Å². The van der Waals surface area contributed by atoms with Crippen LogP contribution < -0.4 is 4.90 Å². The summed E-state index contributed by atoms with van der Waals surface area (Å²) in [5, 5.41) is 9.85. The maximum Gasteiger partial charge on any atom is 0.311 e. The number of hydrogen-bond acceptors (Lipinski definition) is 4. The van der Waals surface area contributed by atoms with Gasteiger partial charge in [0.2, 0.25) is 0 Å². The third kappa shape index (κ3) is 3.47. The summed E-state index contributed by atoms with van der Waals surface area (Å²) in [6.07, 6.45) is 5.39. The molecule has 5 heteroatoms. The van der Waals surface area contributed by atoms with Crippen molar-refractivity contribution in [2.75, 3.05) is 45.2 Å². The van der Waals surface area contributed by atoms with Crippen molar-refractivity contribution < 1.29 is 9.90 Å². The van der Waals surface area contributed by atoms with Crippen LogP contribution in [0, 0.1) is 11.3 Å². The Hall–Kier alpha value is -1.59. The molecule has 2 heterocycles. The van der Waals surface area contributed by atoms with Gasteiger partial charge in [0.05, 0.1) is 5.41 Å². The van der Waals surface area contributed by atoms with Gasteiger partial charge < -0.3 is 14.9 Å². The van der Waals surface area contributed by atoms with E-state index in [9.17, 15) is 9.90 Å². The van der Waals surface area contributed by atoms with Gasteiger partial charge >= 0.3 is 5.97 Å². The van der Waals surface area contributed by atoms with E-state index in [1.165, 1.54) is 24.1 Å². The Morgan fingerprint density at radius 3 is 2.70 bits per heavy atom. The van der Waals surface area contributed by atoms with Crippen molar-refractivity contribution in [2.45, 2.75) is 44.7 Å². The molecule has 1 aliphatic carbocycles. The molecule has 4 rings (SSSR count). The van der Waals surface area contributed by atoms with E-state index in [1.54, 1.807) is 0 Å². The number of likely N-dealkylation sites (tertiary alicyclic amines) is 2. The van der Waals surface area contributed by atoms with E-state index in [0.717, 1.165) is 45.4 Å². The Morgan fingerprint density at radius 1 is 1.26 bits per heavy atom. The van der Waals surface area contributed by atoms with E-state index in [0.29, 0.717) is 18.5 Å². The molecule has 0 bridgehead atoms. The van der Waals surface area contributed by atoms with Crippen molar-refractivity contribution in [2.24, 2.45) is 11.3 Å². The average Bonchev–Trinajstić information content (AvgIpc) is 3.20. The number of fused-ring (bicyclic) bond motifs is 1. The number of para-hydroxylation sites is 1. The van der Waals surface area contributed by atoms with Crippen molar-refractivity contribution in [1.82, 2.24) is 9.80 Å². The summed E-state index contributed by atoms with van der Waals surface area (Å²) in [4.78, 5) is 19.2. The van der Waals surface area contributed by atoms with Crippen LogP contribution >= 0.6 is 0 Å². The highest BCUT2D eigenvalue weighted by molar-refractivity contribution is 5.76. The molecule has 0 radical (unpaired) electrons. The minimum absolute atomic E-state index is 0.328. The Labute approximate surface area is 162 Å². The van der Waals surface area contributed by atoms with Crippen LogP contribution in [0.15, 0.2) is 24.3 Å². The number of carbonyl (C=O) groups is 1. The fourth-order valence-electron chi connectivity index (χ4n) is 5.67. The van der Waals surface area contributed by atoms with Crippen molar-refractivity contribution in [1.29, 1.82) is 0 Å². The second-order valence-electron chi connectivity index (χ2n) is 8.99. The predicted octanol–water partition coefficient (Wildman–Crippen LogP) is 2.90. The second kappa shape index (κ2) is 7.44. The molecular formula is C22H33N3O2. The summed E-state index contributed by atoms with van der Waals surface area (Å²) in [7, 11) is 4.43. The van der Waals surface area contributed by atoms with Crippen LogP contribution in [0.3, 0.4) is 0 Å². The lowest BCUT2D eigenvalue weighted by molar-refractivity contribution is -0.149. The summed E-state index contributed by atoms with van der Waals surface area (Å²) < 4.78 is 0. The lowest BCUT2D eigenvalue weighted by Crippen LogP contribution is -2.42. The second-order valence-corrected chi connectivity index (χ2v) is 8.99. The molecule has 3 fully saturated rings. The summed E-state index contributed by atoms with van der Waals surface area (Å²) in [6, 6.07) is 9.29. The molecule has 0 amide bonds. The lowest BCUT2D eigenvalue weighted by atomic mass is 9.81. The van der Waals surface area contributed by atoms with Crippen molar-refractivity contribution in [3.63, 3.8) is 0 Å². The van der Waals surface area contributed by atoms with E-state index >= 15 is 0 Å². The zero-order valence-corrected chi connectivity index (χ0v) is 16.7. The number of benzene rings is 1. The van der Waals surface area contributed by atoms with Gasteiger partial charge in [-0.2, -0.15) is 0 Å². The first-order chi connectivity index (χ1) is 13.0. The van der Waals surface area contributed by atoms with E-state index < -0.39 is 11.4 Å². The lowest BCUT2D eigenvalue weighted by Gasteiger charge is -2.37. The normalized spacial score (nSPS) is 29.8. The topological polar surface area (TPSA) is 47.0 Å². The van der Waals surface area contributed by atoms with Crippen LogP contribution in [0.1, 0.15) is 37.7 Å². The Morgan fingerprint density at radius 2 is 2.00 bits per heavy atom. The van der Waals surface area contributed by atoms with Crippen molar-refractivity contribution >= 4 is 11.7 Å². The van der Waals surface area contributed by atoms with Crippen molar-refractivity contribution in [3.05, 3.63) is 29.8 Å². The molecule has 5 nitrogen and oxygen atoms in total. The molecule has 1 saturated carbocycles. The van der Waals surface area contributed by atoms with Crippen LogP contribution in [-0.2, 0) is 11.3 Å². The fraction of sp³-hybridized carbons (Fsp3) is 0.682. The van der Waals surface area contributed by atoms with Gasteiger partial charge in [0.15, 0.2) is 0 Å². The van der Waals surface area contributed by atoms with Crippen molar-refractivity contribution in [3.8, 4) is 0 Å². The third-order valence-electron chi connectivity index (χ3n) is 7.37. The first-order valence-corrected chi connectivity index (χ1v) is 10.4. The number of carboxylic acid groups (broad SMARTS) is 1. The fourth-order valence-corrected chi connectivity index (χ4v) is 5.67. The van der Waals surface area contributed by atoms with E-state index in [-0.39, 0.29) is 0 Å². The summed E-state index contributed by atoms with van der Waals surface area (Å²) in [6.45, 7) is 4.81. The highest BCUT2D eigenvalue weighted by atomic mass is 16.4. The monoisotopic (exact) mass is 371 g/mol. The van der Waals surface area contributed by atoms with Gasteiger partial charge in [-0.05, 0) is 63.4 Å². The predicted molar refractivity (Wildman–Crippen MR) is 108 cm³/mol. The Bertz CT molecular complexity index is 686. The number of hydrogen-bond donors (Lipinski definition) is 1. The molecule has 0 spiro atoms. The van der Waals surface area contributed by atoms with Crippen LogP contribution in [0.5, 0.6) is 0 Å². The molecular weight excluding hydrogens is 338 g/mol.